The number of nitrogens with zero attached hydrogens (tertiary/aromatic N) is 2. The molecule has 0 radical (unpaired) electrons. The summed E-state index contributed by atoms with van der Waals surface area (Å²) < 4.78 is 10.8. The fraction of sp³-hybridized carbons (Fsp3) is 0.833. The van der Waals surface area contributed by atoms with Crippen molar-refractivity contribution in [3.05, 3.63) is 11.7 Å². The molecule has 1 atom stereocenters. The quantitative estimate of drug-likeness (QED) is 0.789. The van der Waals surface area contributed by atoms with Crippen molar-refractivity contribution in [1.82, 2.24) is 15.5 Å². The smallest absolute Gasteiger partial charge is 0.228 e. The summed E-state index contributed by atoms with van der Waals surface area (Å²) in [7, 11) is 3.61. The van der Waals surface area contributed by atoms with Crippen LogP contribution >= 0.6 is 0 Å². The van der Waals surface area contributed by atoms with Crippen molar-refractivity contribution in [3.8, 4) is 0 Å². The van der Waals surface area contributed by atoms with Crippen molar-refractivity contribution in [1.29, 1.82) is 0 Å². The van der Waals surface area contributed by atoms with E-state index in [0.717, 1.165) is 19.3 Å². The van der Waals surface area contributed by atoms with Crippen molar-refractivity contribution in [2.45, 2.75) is 51.7 Å². The molecule has 0 fully saturated rings. The molecular formula is C12H23N3O2. The number of methoxy groups -OCH3 is 1. The van der Waals surface area contributed by atoms with Gasteiger partial charge in [-0.2, -0.15) is 4.98 Å². The van der Waals surface area contributed by atoms with Gasteiger partial charge in [0.15, 0.2) is 0 Å². The lowest BCUT2D eigenvalue weighted by molar-refractivity contribution is -0.0306. The minimum absolute atomic E-state index is 0.323. The van der Waals surface area contributed by atoms with E-state index in [1.807, 2.05) is 7.05 Å². The van der Waals surface area contributed by atoms with E-state index in [-0.39, 0.29) is 0 Å². The van der Waals surface area contributed by atoms with Crippen LogP contribution in [0.15, 0.2) is 4.52 Å². The Bertz CT molecular complexity index is 326. The molecule has 1 heterocycles. The molecule has 0 aliphatic rings. The molecule has 0 amide bonds. The van der Waals surface area contributed by atoms with Gasteiger partial charge in [-0.05, 0) is 26.8 Å². The van der Waals surface area contributed by atoms with E-state index in [1.165, 1.54) is 0 Å². The molecule has 0 aromatic carbocycles. The van der Waals surface area contributed by atoms with Crippen LogP contribution < -0.4 is 5.32 Å². The molecule has 1 aromatic heterocycles. The fourth-order valence-electron chi connectivity index (χ4n) is 1.83. The van der Waals surface area contributed by atoms with E-state index in [4.69, 9.17) is 9.26 Å². The van der Waals surface area contributed by atoms with Gasteiger partial charge >= 0.3 is 0 Å². The normalized spacial score (nSPS) is 13.9. The van der Waals surface area contributed by atoms with E-state index >= 15 is 0 Å². The van der Waals surface area contributed by atoms with Crippen LogP contribution in [0.3, 0.4) is 0 Å². The first-order valence-electron chi connectivity index (χ1n) is 6.17. The lowest BCUT2D eigenvalue weighted by Crippen LogP contribution is -2.28. The molecule has 0 aliphatic heterocycles. The summed E-state index contributed by atoms with van der Waals surface area (Å²) in [5.74, 6) is 1.31. The Morgan fingerprint density at radius 2 is 2.06 bits per heavy atom. The molecule has 1 aromatic rings. The van der Waals surface area contributed by atoms with Gasteiger partial charge in [0.25, 0.3) is 0 Å². The first-order chi connectivity index (χ1) is 8.11. The third-order valence-electron chi connectivity index (χ3n) is 3.38. The standard InChI is InChI=1S/C12H23N3O2/c1-6-12(7-2,16-5)11-14-10(17-15-11)8-9(3)13-4/h9,13H,6-8H2,1-5H3. The van der Waals surface area contributed by atoms with Crippen molar-refractivity contribution in [2.24, 2.45) is 0 Å². The molecule has 0 spiro atoms. The molecule has 17 heavy (non-hydrogen) atoms. The highest BCUT2D eigenvalue weighted by Gasteiger charge is 2.33. The van der Waals surface area contributed by atoms with Crippen LogP contribution in [0.25, 0.3) is 0 Å². The Morgan fingerprint density at radius 1 is 1.41 bits per heavy atom. The van der Waals surface area contributed by atoms with Crippen molar-refractivity contribution < 1.29 is 9.26 Å². The molecule has 5 nitrogen and oxygen atoms in total. The Balaban J connectivity index is 2.85. The summed E-state index contributed by atoms with van der Waals surface area (Å²) in [6.07, 6.45) is 2.40. The van der Waals surface area contributed by atoms with Crippen LogP contribution in [0.5, 0.6) is 0 Å². The Hall–Kier alpha value is -0.940. The van der Waals surface area contributed by atoms with E-state index in [0.29, 0.717) is 17.8 Å². The number of hydrogen-bond acceptors (Lipinski definition) is 5. The molecule has 0 aliphatic carbocycles. The fourth-order valence-corrected chi connectivity index (χ4v) is 1.83. The molecule has 98 valence electrons. The molecule has 5 heteroatoms. The number of likely N-dealkylation sites (N-methyl/N-ethyl adjacent to an activating group) is 1. The molecule has 0 saturated heterocycles. The van der Waals surface area contributed by atoms with Crippen molar-refractivity contribution in [2.75, 3.05) is 14.2 Å². The minimum atomic E-state index is -0.412. The Morgan fingerprint density at radius 3 is 2.53 bits per heavy atom. The largest absolute Gasteiger partial charge is 0.370 e. The SMILES string of the molecule is CCC(CC)(OC)c1noc(CC(C)NC)n1. The summed E-state index contributed by atoms with van der Waals surface area (Å²) in [4.78, 5) is 4.44. The maximum Gasteiger partial charge on any atom is 0.228 e. The topological polar surface area (TPSA) is 60.2 Å². The molecule has 1 N–H and O–H groups in total. The van der Waals surface area contributed by atoms with Crippen LogP contribution in [0.2, 0.25) is 0 Å². The van der Waals surface area contributed by atoms with Gasteiger partial charge in [0.1, 0.15) is 5.60 Å². The lowest BCUT2D eigenvalue weighted by atomic mass is 9.96. The predicted molar refractivity (Wildman–Crippen MR) is 65.8 cm³/mol. The maximum atomic E-state index is 5.57. The second kappa shape index (κ2) is 6.12. The van der Waals surface area contributed by atoms with Gasteiger partial charge in [-0.1, -0.05) is 19.0 Å². The highest BCUT2D eigenvalue weighted by atomic mass is 16.5. The highest BCUT2D eigenvalue weighted by Crippen LogP contribution is 2.30. The van der Waals surface area contributed by atoms with Crippen LogP contribution in [0.1, 0.15) is 45.3 Å². The van der Waals surface area contributed by atoms with E-state index in [2.05, 4.69) is 36.2 Å². The Kier molecular flexibility index (Phi) is 5.08. The Labute approximate surface area is 103 Å². The van der Waals surface area contributed by atoms with Gasteiger partial charge in [-0.3, -0.25) is 0 Å². The van der Waals surface area contributed by atoms with Gasteiger partial charge < -0.3 is 14.6 Å². The van der Waals surface area contributed by atoms with E-state index < -0.39 is 5.60 Å². The number of rotatable bonds is 7. The monoisotopic (exact) mass is 241 g/mol. The summed E-state index contributed by atoms with van der Waals surface area (Å²) in [5, 5.41) is 7.19. The summed E-state index contributed by atoms with van der Waals surface area (Å²) in [5.41, 5.74) is -0.412. The van der Waals surface area contributed by atoms with Gasteiger partial charge in [0, 0.05) is 19.6 Å². The predicted octanol–water partition coefficient (Wildman–Crippen LogP) is 1.88. The van der Waals surface area contributed by atoms with Gasteiger partial charge in [0.2, 0.25) is 11.7 Å². The molecule has 1 unspecified atom stereocenters. The third-order valence-corrected chi connectivity index (χ3v) is 3.38. The second-order valence-corrected chi connectivity index (χ2v) is 4.31. The zero-order valence-corrected chi connectivity index (χ0v) is 11.4. The maximum absolute atomic E-state index is 5.57. The van der Waals surface area contributed by atoms with Gasteiger partial charge in [0.05, 0.1) is 0 Å². The van der Waals surface area contributed by atoms with E-state index in [1.54, 1.807) is 7.11 Å². The third kappa shape index (κ3) is 3.04. The molecule has 1 rings (SSSR count). The number of hydrogen-bond donors (Lipinski definition) is 1. The molecule has 0 bridgehead atoms. The zero-order valence-electron chi connectivity index (χ0n) is 11.4. The molecule has 0 saturated carbocycles. The summed E-state index contributed by atoms with van der Waals surface area (Å²) in [6, 6.07) is 0.323. The number of nitrogens with one attached hydrogen (secondary N) is 1. The summed E-state index contributed by atoms with van der Waals surface area (Å²) in [6.45, 7) is 6.21. The average molecular weight is 241 g/mol. The van der Waals surface area contributed by atoms with Gasteiger partial charge in [-0.15, -0.1) is 0 Å². The molecular weight excluding hydrogens is 218 g/mol. The zero-order chi connectivity index (χ0) is 12.9. The van der Waals surface area contributed by atoms with Crippen LogP contribution in [-0.2, 0) is 16.8 Å². The summed E-state index contributed by atoms with van der Waals surface area (Å²) >= 11 is 0. The lowest BCUT2D eigenvalue weighted by Gasteiger charge is -2.25. The number of ether oxygens (including phenoxy) is 1. The van der Waals surface area contributed by atoms with Crippen LogP contribution in [0, 0.1) is 0 Å². The van der Waals surface area contributed by atoms with Crippen LogP contribution in [0.4, 0.5) is 0 Å². The second-order valence-electron chi connectivity index (χ2n) is 4.31. The highest BCUT2D eigenvalue weighted by molar-refractivity contribution is 5.01. The number of aromatic nitrogens is 2. The first kappa shape index (κ1) is 14.1. The van der Waals surface area contributed by atoms with Crippen molar-refractivity contribution >= 4 is 0 Å². The minimum Gasteiger partial charge on any atom is -0.370 e. The van der Waals surface area contributed by atoms with Crippen LogP contribution in [-0.4, -0.2) is 30.3 Å². The van der Waals surface area contributed by atoms with Gasteiger partial charge in [-0.25, -0.2) is 0 Å². The van der Waals surface area contributed by atoms with Crippen molar-refractivity contribution in [3.63, 3.8) is 0 Å². The van der Waals surface area contributed by atoms with E-state index in [9.17, 15) is 0 Å². The average Bonchev–Trinajstić information content (AvgIpc) is 2.81. The first-order valence-corrected chi connectivity index (χ1v) is 6.17.